The largest absolute Gasteiger partial charge is 0.481 e. The fourth-order valence-electron chi connectivity index (χ4n) is 3.49. The molecule has 0 radical (unpaired) electrons. The molecular formula is C22H39N3O7. The van der Waals surface area contributed by atoms with Crippen LogP contribution in [0, 0.1) is 10.8 Å². The lowest BCUT2D eigenvalue weighted by atomic mass is 9.74. The highest BCUT2D eigenvalue weighted by Gasteiger charge is 2.40. The van der Waals surface area contributed by atoms with E-state index in [1.165, 1.54) is 20.8 Å². The van der Waals surface area contributed by atoms with Crippen LogP contribution in [0.3, 0.4) is 0 Å². The first-order valence-electron chi connectivity index (χ1n) is 10.9. The van der Waals surface area contributed by atoms with Gasteiger partial charge in [-0.15, -0.1) is 0 Å². The normalized spacial score (nSPS) is 13.7. The fourth-order valence-corrected chi connectivity index (χ4v) is 3.49. The van der Waals surface area contributed by atoms with Gasteiger partial charge in [-0.3, -0.25) is 19.2 Å². The summed E-state index contributed by atoms with van der Waals surface area (Å²) in [5.41, 5.74) is -2.26. The average Bonchev–Trinajstić information content (AvgIpc) is 2.66. The standard InChI is InChI=1S/C22H39N3O7/c1-14(26)15(23-6)9-7-8-12-24-17(27)11-10-16(18(28)29)25-19(30)21(2,3)13-22(4,5)20(31)32/h15-16,23H,7-13H2,1-6H3,(H,24,27)(H,25,30)(H,28,29)(H,31,32)/t15-,16-/m0/s1. The van der Waals surface area contributed by atoms with Gasteiger partial charge in [0.15, 0.2) is 0 Å². The smallest absolute Gasteiger partial charge is 0.326 e. The molecule has 0 aromatic carbocycles. The Morgan fingerprint density at radius 2 is 1.47 bits per heavy atom. The third-order valence-electron chi connectivity index (χ3n) is 5.42. The lowest BCUT2D eigenvalue weighted by Crippen LogP contribution is -2.48. The number of nitrogens with one attached hydrogen (secondary N) is 3. The van der Waals surface area contributed by atoms with Crippen molar-refractivity contribution in [3.63, 3.8) is 0 Å². The Bertz CT molecular complexity index is 689. The summed E-state index contributed by atoms with van der Waals surface area (Å²) in [6.45, 7) is 8.06. The van der Waals surface area contributed by atoms with Crippen LogP contribution in [0.4, 0.5) is 0 Å². The number of hydrogen-bond acceptors (Lipinski definition) is 6. The van der Waals surface area contributed by atoms with Crippen molar-refractivity contribution in [2.45, 2.75) is 85.2 Å². The van der Waals surface area contributed by atoms with Crippen molar-refractivity contribution in [2.24, 2.45) is 10.8 Å². The Kier molecular flexibility index (Phi) is 12.1. The lowest BCUT2D eigenvalue weighted by Gasteiger charge is -2.32. The van der Waals surface area contributed by atoms with Gasteiger partial charge < -0.3 is 26.2 Å². The van der Waals surface area contributed by atoms with Crippen LogP contribution in [-0.4, -0.2) is 65.4 Å². The van der Waals surface area contributed by atoms with E-state index in [-0.39, 0.29) is 37.0 Å². The Balaban J connectivity index is 4.56. The topological polar surface area (TPSA) is 162 Å². The lowest BCUT2D eigenvalue weighted by molar-refractivity contribution is -0.151. The van der Waals surface area contributed by atoms with Gasteiger partial charge in [0.1, 0.15) is 11.8 Å². The van der Waals surface area contributed by atoms with Crippen molar-refractivity contribution < 1.29 is 34.2 Å². The number of unbranched alkanes of at least 4 members (excludes halogenated alkanes) is 1. The van der Waals surface area contributed by atoms with Crippen molar-refractivity contribution in [3.8, 4) is 0 Å². The molecule has 0 aliphatic carbocycles. The van der Waals surface area contributed by atoms with Crippen LogP contribution in [0.2, 0.25) is 0 Å². The van der Waals surface area contributed by atoms with Crippen LogP contribution in [-0.2, 0) is 24.0 Å². The quantitative estimate of drug-likeness (QED) is 0.217. The maximum Gasteiger partial charge on any atom is 0.326 e. The van der Waals surface area contributed by atoms with Gasteiger partial charge in [0.05, 0.1) is 11.5 Å². The van der Waals surface area contributed by atoms with E-state index in [9.17, 15) is 34.2 Å². The molecule has 0 rings (SSSR count). The van der Waals surface area contributed by atoms with Crippen molar-refractivity contribution in [1.29, 1.82) is 0 Å². The SMILES string of the molecule is CN[C@@H](CCCCNC(=O)CC[C@H](NC(=O)C(C)(C)CC(C)(C)C(=O)O)C(=O)O)C(C)=O. The number of carboxylic acid groups (broad SMARTS) is 2. The molecule has 0 bridgehead atoms. The van der Waals surface area contributed by atoms with E-state index >= 15 is 0 Å². The number of carbonyl (C=O) groups is 5. The summed E-state index contributed by atoms with van der Waals surface area (Å²) in [4.78, 5) is 58.9. The van der Waals surface area contributed by atoms with Gasteiger partial charge in [-0.25, -0.2) is 4.79 Å². The Labute approximate surface area is 189 Å². The number of amides is 2. The van der Waals surface area contributed by atoms with Crippen molar-refractivity contribution in [1.82, 2.24) is 16.0 Å². The number of hydrogen-bond donors (Lipinski definition) is 5. The number of carbonyl (C=O) groups excluding carboxylic acids is 3. The predicted molar refractivity (Wildman–Crippen MR) is 119 cm³/mol. The minimum absolute atomic E-state index is 0.0199. The summed E-state index contributed by atoms with van der Waals surface area (Å²) < 4.78 is 0. The summed E-state index contributed by atoms with van der Waals surface area (Å²) in [7, 11) is 1.72. The second-order valence-corrected chi connectivity index (χ2v) is 9.45. The second-order valence-electron chi connectivity index (χ2n) is 9.45. The van der Waals surface area contributed by atoms with Crippen LogP contribution in [0.25, 0.3) is 0 Å². The molecule has 0 aromatic heterocycles. The van der Waals surface area contributed by atoms with Crippen LogP contribution in [0.5, 0.6) is 0 Å². The van der Waals surface area contributed by atoms with E-state index in [2.05, 4.69) is 16.0 Å². The highest BCUT2D eigenvalue weighted by atomic mass is 16.4. The minimum atomic E-state index is -1.26. The molecule has 2 atom stereocenters. The van der Waals surface area contributed by atoms with E-state index in [0.717, 1.165) is 6.42 Å². The Morgan fingerprint density at radius 3 is 1.94 bits per heavy atom. The highest BCUT2D eigenvalue weighted by molar-refractivity contribution is 5.88. The molecule has 0 aliphatic rings. The highest BCUT2D eigenvalue weighted by Crippen LogP contribution is 2.34. The summed E-state index contributed by atoms with van der Waals surface area (Å²) in [5, 5.41) is 26.8. The molecule has 5 N–H and O–H groups in total. The van der Waals surface area contributed by atoms with E-state index in [0.29, 0.717) is 19.4 Å². The van der Waals surface area contributed by atoms with Gasteiger partial charge in [0.25, 0.3) is 0 Å². The number of carboxylic acids is 2. The molecule has 0 saturated heterocycles. The van der Waals surface area contributed by atoms with Crippen molar-refractivity contribution in [3.05, 3.63) is 0 Å². The first kappa shape index (κ1) is 29.5. The third-order valence-corrected chi connectivity index (χ3v) is 5.42. The van der Waals surface area contributed by atoms with Gasteiger partial charge in [0.2, 0.25) is 11.8 Å². The molecule has 0 heterocycles. The van der Waals surface area contributed by atoms with E-state index in [4.69, 9.17) is 0 Å². The summed E-state index contributed by atoms with van der Waals surface area (Å²) in [6, 6.07) is -1.46. The maximum absolute atomic E-state index is 12.6. The minimum Gasteiger partial charge on any atom is -0.481 e. The summed E-state index contributed by atoms with van der Waals surface area (Å²) >= 11 is 0. The van der Waals surface area contributed by atoms with Gasteiger partial charge in [0, 0.05) is 18.4 Å². The molecule has 2 amide bonds. The molecule has 0 saturated carbocycles. The van der Waals surface area contributed by atoms with Gasteiger partial charge in [-0.05, 0) is 59.9 Å². The first-order valence-corrected chi connectivity index (χ1v) is 10.9. The molecule has 32 heavy (non-hydrogen) atoms. The molecule has 0 fully saturated rings. The zero-order valence-electron chi connectivity index (χ0n) is 20.0. The predicted octanol–water partition coefficient (Wildman–Crippen LogP) is 1.33. The van der Waals surface area contributed by atoms with E-state index < -0.39 is 34.7 Å². The number of ketones is 1. The maximum atomic E-state index is 12.6. The Morgan fingerprint density at radius 1 is 0.875 bits per heavy atom. The average molecular weight is 458 g/mol. The van der Waals surface area contributed by atoms with Gasteiger partial charge in [-0.2, -0.15) is 0 Å². The molecule has 0 aliphatic heterocycles. The van der Waals surface area contributed by atoms with Crippen LogP contribution < -0.4 is 16.0 Å². The number of Topliss-reactive ketones (excluding diaryl/α,β-unsaturated/α-hetero) is 1. The fraction of sp³-hybridized carbons (Fsp3) is 0.773. The van der Waals surface area contributed by atoms with Crippen molar-refractivity contribution in [2.75, 3.05) is 13.6 Å². The molecular weight excluding hydrogens is 418 g/mol. The zero-order chi connectivity index (χ0) is 25.1. The molecule has 184 valence electrons. The third kappa shape index (κ3) is 10.7. The van der Waals surface area contributed by atoms with Crippen molar-refractivity contribution >= 4 is 29.5 Å². The van der Waals surface area contributed by atoms with Gasteiger partial charge >= 0.3 is 11.9 Å². The summed E-state index contributed by atoms with van der Waals surface area (Å²) in [6.07, 6.45) is 1.96. The molecule has 10 nitrogen and oxygen atoms in total. The van der Waals surface area contributed by atoms with Crippen LogP contribution >= 0.6 is 0 Å². The molecule has 0 unspecified atom stereocenters. The van der Waals surface area contributed by atoms with Gasteiger partial charge in [-0.1, -0.05) is 13.8 Å². The Hall–Kier alpha value is -2.49. The number of likely N-dealkylation sites (N-methyl/N-ethyl adjacent to an activating group) is 1. The van der Waals surface area contributed by atoms with E-state index in [1.807, 2.05) is 0 Å². The van der Waals surface area contributed by atoms with Crippen LogP contribution in [0.15, 0.2) is 0 Å². The van der Waals surface area contributed by atoms with Crippen LogP contribution in [0.1, 0.15) is 73.1 Å². The summed E-state index contributed by atoms with van der Waals surface area (Å²) in [5.74, 6) is -3.15. The number of aliphatic carboxylic acids is 2. The second kappa shape index (κ2) is 13.1. The molecule has 0 spiro atoms. The monoisotopic (exact) mass is 457 g/mol. The van der Waals surface area contributed by atoms with E-state index in [1.54, 1.807) is 20.9 Å². The zero-order valence-corrected chi connectivity index (χ0v) is 20.0. The number of rotatable bonds is 16. The molecule has 0 aromatic rings. The first-order chi connectivity index (χ1) is 14.6. The molecule has 10 heteroatoms.